The van der Waals surface area contributed by atoms with E-state index in [0.717, 1.165) is 0 Å². The quantitative estimate of drug-likeness (QED) is 0.555. The predicted octanol–water partition coefficient (Wildman–Crippen LogP) is 1.68. The first-order valence-electron chi connectivity index (χ1n) is 3.82. The molecule has 0 amide bonds. The summed E-state index contributed by atoms with van der Waals surface area (Å²) in [4.78, 5) is 10.4. The zero-order chi connectivity index (χ0) is 10.8. The van der Waals surface area contributed by atoms with Gasteiger partial charge in [-0.3, -0.25) is 10.1 Å². The Balaban J connectivity index is 3.19. The first-order valence-corrected chi connectivity index (χ1v) is 5.74. The molecule has 0 saturated heterocycles. The average molecular weight is 214 g/mol. The number of nitro benzene ring substituents is 1. The minimum atomic E-state index is -2.39. The summed E-state index contributed by atoms with van der Waals surface area (Å²) >= 11 is 0. The zero-order valence-corrected chi connectivity index (χ0v) is 8.65. The molecule has 1 unspecified atom stereocenters. The lowest BCUT2D eigenvalue weighted by molar-refractivity contribution is -0.384. The standard InChI is InChI=1S/C8H10N2O3S/c1-9-14(2,13)8-5-3-7(4-6-8)10(11)12/h3-6H,1-2H3. The molecule has 0 aliphatic heterocycles. The summed E-state index contributed by atoms with van der Waals surface area (Å²) in [5.74, 6) is 0. The highest BCUT2D eigenvalue weighted by atomic mass is 32.2. The Morgan fingerprint density at radius 2 is 1.86 bits per heavy atom. The van der Waals surface area contributed by atoms with E-state index in [9.17, 15) is 14.3 Å². The SMILES string of the molecule is CN=S(C)(=O)c1ccc([N+](=O)[O-])cc1. The molecule has 0 aliphatic carbocycles. The first kappa shape index (κ1) is 10.6. The van der Waals surface area contributed by atoms with Crippen LogP contribution in [0.25, 0.3) is 0 Å². The number of hydrogen-bond acceptors (Lipinski definition) is 4. The van der Waals surface area contributed by atoms with E-state index in [1.165, 1.54) is 37.6 Å². The molecular formula is C8H10N2O3S. The normalized spacial score (nSPS) is 14.4. The van der Waals surface area contributed by atoms with Crippen LogP contribution in [0.3, 0.4) is 0 Å². The van der Waals surface area contributed by atoms with E-state index in [4.69, 9.17) is 0 Å². The van der Waals surface area contributed by atoms with E-state index in [-0.39, 0.29) is 5.69 Å². The van der Waals surface area contributed by atoms with Crippen molar-refractivity contribution in [1.29, 1.82) is 0 Å². The van der Waals surface area contributed by atoms with Crippen molar-refractivity contribution in [3.8, 4) is 0 Å². The second-order valence-electron chi connectivity index (χ2n) is 2.74. The van der Waals surface area contributed by atoms with Gasteiger partial charge in [-0.15, -0.1) is 0 Å². The monoisotopic (exact) mass is 214 g/mol. The van der Waals surface area contributed by atoms with Gasteiger partial charge in [0.2, 0.25) is 0 Å². The van der Waals surface area contributed by atoms with E-state index >= 15 is 0 Å². The van der Waals surface area contributed by atoms with Crippen LogP contribution >= 0.6 is 0 Å². The van der Waals surface area contributed by atoms with Gasteiger partial charge in [0.05, 0.1) is 14.7 Å². The van der Waals surface area contributed by atoms with Gasteiger partial charge in [0.15, 0.2) is 0 Å². The second kappa shape index (κ2) is 3.75. The predicted molar refractivity (Wildman–Crippen MR) is 53.8 cm³/mol. The minimum absolute atomic E-state index is 0.0138. The summed E-state index contributed by atoms with van der Waals surface area (Å²) in [5.41, 5.74) is -0.0138. The van der Waals surface area contributed by atoms with Gasteiger partial charge in [-0.2, -0.15) is 0 Å². The van der Waals surface area contributed by atoms with Crippen molar-refractivity contribution in [3.63, 3.8) is 0 Å². The Bertz CT molecular complexity index is 458. The van der Waals surface area contributed by atoms with Crippen LogP contribution in [0.15, 0.2) is 33.5 Å². The second-order valence-corrected chi connectivity index (χ2v) is 5.18. The van der Waals surface area contributed by atoms with Crippen LogP contribution in [0.5, 0.6) is 0 Å². The van der Waals surface area contributed by atoms with Gasteiger partial charge in [-0.25, -0.2) is 8.57 Å². The highest BCUT2D eigenvalue weighted by Crippen LogP contribution is 2.16. The smallest absolute Gasteiger partial charge is 0.258 e. The molecule has 1 aromatic rings. The Kier molecular flexibility index (Phi) is 2.85. The van der Waals surface area contributed by atoms with Crippen LogP contribution in [-0.2, 0) is 9.73 Å². The topological polar surface area (TPSA) is 72.6 Å². The van der Waals surface area contributed by atoms with Crippen molar-refractivity contribution in [1.82, 2.24) is 0 Å². The zero-order valence-electron chi connectivity index (χ0n) is 7.84. The molecule has 5 nitrogen and oxygen atoms in total. The molecule has 0 spiro atoms. The third-order valence-corrected chi connectivity index (χ3v) is 3.68. The summed E-state index contributed by atoms with van der Waals surface area (Å²) in [6.45, 7) is 0. The molecule has 14 heavy (non-hydrogen) atoms. The molecule has 1 rings (SSSR count). The van der Waals surface area contributed by atoms with E-state index in [1.54, 1.807) is 0 Å². The van der Waals surface area contributed by atoms with Gasteiger partial charge in [0, 0.05) is 30.3 Å². The fraction of sp³-hybridized carbons (Fsp3) is 0.250. The van der Waals surface area contributed by atoms with Crippen molar-refractivity contribution in [2.45, 2.75) is 4.90 Å². The molecule has 1 atom stereocenters. The molecule has 0 radical (unpaired) electrons. The molecule has 0 N–H and O–H groups in total. The summed E-state index contributed by atoms with van der Waals surface area (Å²) in [6.07, 6.45) is 1.49. The van der Waals surface area contributed by atoms with Gasteiger partial charge < -0.3 is 0 Å². The molecule has 0 aliphatic rings. The number of nitrogens with zero attached hydrogens (tertiary/aromatic N) is 2. The summed E-state index contributed by atoms with van der Waals surface area (Å²) in [7, 11) is -0.926. The molecule has 0 bridgehead atoms. The largest absolute Gasteiger partial charge is 0.269 e. The maximum Gasteiger partial charge on any atom is 0.269 e. The van der Waals surface area contributed by atoms with Crippen molar-refractivity contribution in [2.75, 3.05) is 13.3 Å². The Morgan fingerprint density at radius 3 is 2.21 bits per heavy atom. The molecular weight excluding hydrogens is 204 g/mol. The fourth-order valence-electron chi connectivity index (χ4n) is 0.926. The maximum absolute atomic E-state index is 11.7. The number of non-ortho nitro benzene ring substituents is 1. The summed E-state index contributed by atoms with van der Waals surface area (Å²) in [5, 5.41) is 10.3. The van der Waals surface area contributed by atoms with Crippen molar-refractivity contribution in [3.05, 3.63) is 34.4 Å². The van der Waals surface area contributed by atoms with Gasteiger partial charge in [0.1, 0.15) is 0 Å². The van der Waals surface area contributed by atoms with Crippen LogP contribution < -0.4 is 0 Å². The Hall–Kier alpha value is -1.43. The number of nitro groups is 1. The van der Waals surface area contributed by atoms with Crippen LogP contribution in [0.2, 0.25) is 0 Å². The van der Waals surface area contributed by atoms with Crippen molar-refractivity contribution < 1.29 is 9.13 Å². The van der Waals surface area contributed by atoms with Gasteiger partial charge in [-0.1, -0.05) is 0 Å². The third-order valence-electron chi connectivity index (χ3n) is 1.83. The number of rotatable bonds is 2. The van der Waals surface area contributed by atoms with Crippen molar-refractivity contribution >= 4 is 15.4 Å². The Labute approximate surface area is 82.1 Å². The highest BCUT2D eigenvalue weighted by Gasteiger charge is 2.08. The van der Waals surface area contributed by atoms with Gasteiger partial charge in [-0.05, 0) is 12.1 Å². The van der Waals surface area contributed by atoms with E-state index in [0.29, 0.717) is 4.90 Å². The van der Waals surface area contributed by atoms with Gasteiger partial charge >= 0.3 is 0 Å². The Morgan fingerprint density at radius 1 is 1.36 bits per heavy atom. The number of benzene rings is 1. The molecule has 0 fully saturated rings. The van der Waals surface area contributed by atoms with E-state index < -0.39 is 14.7 Å². The fourth-order valence-corrected chi connectivity index (χ4v) is 1.78. The lowest BCUT2D eigenvalue weighted by atomic mass is 10.3. The lowest BCUT2D eigenvalue weighted by Crippen LogP contribution is -1.97. The van der Waals surface area contributed by atoms with Crippen LogP contribution in [0.4, 0.5) is 5.69 Å². The molecule has 0 aromatic heterocycles. The summed E-state index contributed by atoms with van der Waals surface area (Å²) in [6, 6.07) is 5.58. The molecule has 76 valence electrons. The average Bonchev–Trinajstić information content (AvgIpc) is 2.18. The van der Waals surface area contributed by atoms with Crippen LogP contribution in [0, 0.1) is 10.1 Å². The van der Waals surface area contributed by atoms with Gasteiger partial charge in [0.25, 0.3) is 5.69 Å². The van der Waals surface area contributed by atoms with E-state index in [1.807, 2.05) is 0 Å². The molecule has 0 heterocycles. The summed E-state index contributed by atoms with van der Waals surface area (Å²) < 4.78 is 15.4. The minimum Gasteiger partial charge on any atom is -0.258 e. The first-order chi connectivity index (χ1) is 6.47. The molecule has 1 aromatic carbocycles. The van der Waals surface area contributed by atoms with Crippen molar-refractivity contribution in [2.24, 2.45) is 4.36 Å². The highest BCUT2D eigenvalue weighted by molar-refractivity contribution is 7.93. The third kappa shape index (κ3) is 2.08. The van der Waals surface area contributed by atoms with Crippen LogP contribution in [0.1, 0.15) is 0 Å². The molecule has 6 heteroatoms. The maximum atomic E-state index is 11.7. The lowest BCUT2D eigenvalue weighted by Gasteiger charge is -2.01. The number of hydrogen-bond donors (Lipinski definition) is 0. The van der Waals surface area contributed by atoms with Crippen LogP contribution in [-0.4, -0.2) is 22.4 Å². The molecule has 0 saturated carbocycles. The van der Waals surface area contributed by atoms with E-state index in [2.05, 4.69) is 4.36 Å².